The van der Waals surface area contributed by atoms with Crippen LogP contribution in [0.15, 0.2) is 0 Å². The van der Waals surface area contributed by atoms with Crippen LogP contribution in [-0.2, 0) is 24.6 Å². The Morgan fingerprint density at radius 3 is 2.58 bits per heavy atom. The van der Waals surface area contributed by atoms with Crippen molar-refractivity contribution >= 4 is 5.91 Å². The Hall–Kier alpha value is -1.44. The number of nitrogens with zero attached hydrogens (tertiary/aromatic N) is 4. The van der Waals surface area contributed by atoms with Crippen LogP contribution in [0.5, 0.6) is 0 Å². The van der Waals surface area contributed by atoms with Crippen molar-refractivity contribution in [2.24, 2.45) is 7.05 Å². The molecule has 1 aromatic rings. The van der Waals surface area contributed by atoms with E-state index in [0.717, 1.165) is 83.7 Å². The maximum atomic E-state index is 13.2. The number of carbonyl (C=O) groups excluding carboxylic acids is 1. The standard InChI is InChI=1S/C24H39N5O2/c1-27-21-8-7-19(17-20(21)22(26-27)23(30)28-11-5-2-6-12-28)25-18-24(9-3-4-10-24)29-13-15-31-16-14-29/h19,25H,2-18H2,1H3. The van der Waals surface area contributed by atoms with Crippen molar-refractivity contribution in [3.05, 3.63) is 17.0 Å². The third kappa shape index (κ3) is 4.29. The van der Waals surface area contributed by atoms with Crippen LogP contribution in [0.2, 0.25) is 0 Å². The van der Waals surface area contributed by atoms with E-state index < -0.39 is 0 Å². The molecule has 7 heteroatoms. The molecule has 3 heterocycles. The Morgan fingerprint density at radius 2 is 1.84 bits per heavy atom. The Labute approximate surface area is 186 Å². The predicted octanol–water partition coefficient (Wildman–Crippen LogP) is 2.14. The highest BCUT2D eigenvalue weighted by molar-refractivity contribution is 5.94. The van der Waals surface area contributed by atoms with Crippen molar-refractivity contribution < 1.29 is 9.53 Å². The van der Waals surface area contributed by atoms with Crippen LogP contribution in [0.4, 0.5) is 0 Å². The molecular formula is C24H39N5O2. The molecule has 1 unspecified atom stereocenters. The number of hydrogen-bond donors (Lipinski definition) is 1. The van der Waals surface area contributed by atoms with Gasteiger partial charge in [-0.3, -0.25) is 14.4 Å². The number of nitrogens with one attached hydrogen (secondary N) is 1. The van der Waals surface area contributed by atoms with E-state index in [4.69, 9.17) is 9.84 Å². The maximum Gasteiger partial charge on any atom is 0.274 e. The van der Waals surface area contributed by atoms with E-state index in [-0.39, 0.29) is 5.91 Å². The first-order valence-electron chi connectivity index (χ1n) is 12.6. The molecule has 3 fully saturated rings. The van der Waals surface area contributed by atoms with Crippen molar-refractivity contribution in [3.63, 3.8) is 0 Å². The minimum atomic E-state index is 0.151. The summed E-state index contributed by atoms with van der Waals surface area (Å²) in [4.78, 5) is 17.9. The number of morpholine rings is 1. The van der Waals surface area contributed by atoms with Gasteiger partial charge in [0.2, 0.25) is 0 Å². The van der Waals surface area contributed by atoms with E-state index >= 15 is 0 Å². The first kappa shape index (κ1) is 21.4. The number of aryl methyl sites for hydroxylation is 1. The summed E-state index contributed by atoms with van der Waals surface area (Å²) >= 11 is 0. The van der Waals surface area contributed by atoms with E-state index in [9.17, 15) is 4.79 Å². The average Bonchev–Trinajstić information content (AvgIpc) is 3.44. The van der Waals surface area contributed by atoms with Crippen LogP contribution in [-0.4, -0.2) is 83.0 Å². The van der Waals surface area contributed by atoms with E-state index in [1.807, 2.05) is 16.6 Å². The molecule has 1 atom stereocenters. The van der Waals surface area contributed by atoms with Crippen LogP contribution >= 0.6 is 0 Å². The zero-order valence-electron chi connectivity index (χ0n) is 19.2. The van der Waals surface area contributed by atoms with Crippen molar-refractivity contribution in [3.8, 4) is 0 Å². The minimum absolute atomic E-state index is 0.151. The third-order valence-corrected chi connectivity index (χ3v) is 8.24. The molecule has 2 saturated heterocycles. The Morgan fingerprint density at radius 1 is 1.10 bits per heavy atom. The summed E-state index contributed by atoms with van der Waals surface area (Å²) in [6, 6.07) is 0.433. The number of rotatable bonds is 5. The van der Waals surface area contributed by atoms with Crippen molar-refractivity contribution in [1.82, 2.24) is 24.9 Å². The van der Waals surface area contributed by atoms with Crippen molar-refractivity contribution in [2.45, 2.75) is 75.8 Å². The molecule has 5 rings (SSSR count). The maximum absolute atomic E-state index is 13.2. The van der Waals surface area contributed by atoms with E-state index in [0.29, 0.717) is 11.6 Å². The van der Waals surface area contributed by atoms with Gasteiger partial charge in [-0.2, -0.15) is 5.10 Å². The molecule has 7 nitrogen and oxygen atoms in total. The summed E-state index contributed by atoms with van der Waals surface area (Å²) in [5.41, 5.74) is 3.48. The molecule has 0 aromatic carbocycles. The first-order chi connectivity index (χ1) is 15.2. The van der Waals surface area contributed by atoms with Crippen LogP contribution < -0.4 is 5.32 Å². The molecule has 172 valence electrons. The van der Waals surface area contributed by atoms with Gasteiger partial charge in [0.15, 0.2) is 5.69 Å². The second-order valence-electron chi connectivity index (χ2n) is 10.1. The van der Waals surface area contributed by atoms with Gasteiger partial charge in [0.1, 0.15) is 0 Å². The summed E-state index contributed by atoms with van der Waals surface area (Å²) in [5.74, 6) is 0.151. The molecule has 31 heavy (non-hydrogen) atoms. The Kier molecular flexibility index (Phi) is 6.35. The lowest BCUT2D eigenvalue weighted by Crippen LogP contribution is -2.58. The number of piperidine rings is 1. The third-order valence-electron chi connectivity index (χ3n) is 8.24. The molecular weight excluding hydrogens is 390 g/mol. The van der Waals surface area contributed by atoms with E-state index in [1.54, 1.807) is 0 Å². The van der Waals surface area contributed by atoms with Crippen LogP contribution in [0.3, 0.4) is 0 Å². The monoisotopic (exact) mass is 429 g/mol. The SMILES string of the molecule is Cn1nc(C(=O)N2CCCCC2)c2c1CCC(NCC1(N3CCOCC3)CCCC1)C2. The zero-order chi connectivity index (χ0) is 21.3. The van der Waals surface area contributed by atoms with E-state index in [2.05, 4.69) is 10.2 Å². The second kappa shape index (κ2) is 9.20. The average molecular weight is 430 g/mol. The van der Waals surface area contributed by atoms with Gasteiger partial charge in [-0.15, -0.1) is 0 Å². The highest BCUT2D eigenvalue weighted by Crippen LogP contribution is 2.36. The molecule has 1 amide bonds. The smallest absolute Gasteiger partial charge is 0.274 e. The lowest BCUT2D eigenvalue weighted by Gasteiger charge is -2.44. The first-order valence-corrected chi connectivity index (χ1v) is 12.6. The van der Waals surface area contributed by atoms with Crippen molar-refractivity contribution in [1.29, 1.82) is 0 Å². The van der Waals surface area contributed by atoms with E-state index in [1.165, 1.54) is 43.4 Å². The quantitative estimate of drug-likeness (QED) is 0.777. The fourth-order valence-electron chi connectivity index (χ4n) is 6.39. The van der Waals surface area contributed by atoms with Gasteiger partial charge in [0, 0.05) is 62.6 Å². The molecule has 4 aliphatic rings. The largest absolute Gasteiger partial charge is 0.379 e. The minimum Gasteiger partial charge on any atom is -0.379 e. The normalized spacial score (nSPS) is 26.7. The summed E-state index contributed by atoms with van der Waals surface area (Å²) in [5, 5.41) is 8.66. The number of carbonyl (C=O) groups is 1. The molecule has 0 radical (unpaired) electrons. The number of fused-ring (bicyclic) bond motifs is 1. The number of likely N-dealkylation sites (tertiary alicyclic amines) is 1. The summed E-state index contributed by atoms with van der Waals surface area (Å²) in [7, 11) is 2.01. The Bertz CT molecular complexity index is 773. The summed E-state index contributed by atoms with van der Waals surface area (Å²) in [6.45, 7) is 6.68. The van der Waals surface area contributed by atoms with Gasteiger partial charge in [-0.05, 0) is 51.4 Å². The highest BCUT2D eigenvalue weighted by Gasteiger charge is 2.40. The Balaban J connectivity index is 1.27. The van der Waals surface area contributed by atoms with Gasteiger partial charge in [0.25, 0.3) is 5.91 Å². The number of hydrogen-bond acceptors (Lipinski definition) is 5. The van der Waals surface area contributed by atoms with Crippen LogP contribution in [0.25, 0.3) is 0 Å². The predicted molar refractivity (Wildman–Crippen MR) is 120 cm³/mol. The number of aromatic nitrogens is 2. The molecule has 1 N–H and O–H groups in total. The number of amides is 1. The molecule has 0 bridgehead atoms. The van der Waals surface area contributed by atoms with Crippen molar-refractivity contribution in [2.75, 3.05) is 45.9 Å². The van der Waals surface area contributed by atoms with Gasteiger partial charge >= 0.3 is 0 Å². The highest BCUT2D eigenvalue weighted by atomic mass is 16.5. The van der Waals surface area contributed by atoms with Gasteiger partial charge in [-0.25, -0.2) is 0 Å². The fraction of sp³-hybridized carbons (Fsp3) is 0.833. The molecule has 2 aliphatic heterocycles. The zero-order valence-corrected chi connectivity index (χ0v) is 19.2. The molecule has 1 saturated carbocycles. The number of ether oxygens (including phenoxy) is 1. The summed E-state index contributed by atoms with van der Waals surface area (Å²) < 4.78 is 7.59. The van der Waals surface area contributed by atoms with Gasteiger partial charge in [0.05, 0.1) is 13.2 Å². The molecule has 2 aliphatic carbocycles. The lowest BCUT2D eigenvalue weighted by atomic mass is 9.89. The second-order valence-corrected chi connectivity index (χ2v) is 10.1. The van der Waals surface area contributed by atoms with Crippen LogP contribution in [0, 0.1) is 0 Å². The lowest BCUT2D eigenvalue weighted by molar-refractivity contribution is -0.0213. The molecule has 0 spiro atoms. The van der Waals surface area contributed by atoms with Gasteiger partial charge in [-0.1, -0.05) is 12.8 Å². The van der Waals surface area contributed by atoms with Gasteiger partial charge < -0.3 is 15.0 Å². The topological polar surface area (TPSA) is 62.6 Å². The van der Waals surface area contributed by atoms with Crippen LogP contribution in [0.1, 0.15) is 73.1 Å². The molecule has 1 aromatic heterocycles. The summed E-state index contributed by atoms with van der Waals surface area (Å²) in [6.07, 6.45) is 11.8. The fourth-order valence-corrected chi connectivity index (χ4v) is 6.39.